The SMILES string of the molecule is Cc1ccc(-n2nnnc2CN2CCN(S(=O)(=O)c3ccc4ccccc4c3)CC2)cc1. The van der Waals surface area contributed by atoms with Gasteiger partial charge in [-0.1, -0.05) is 48.0 Å². The van der Waals surface area contributed by atoms with Crippen LogP contribution in [0.3, 0.4) is 0 Å². The maximum absolute atomic E-state index is 13.2. The lowest BCUT2D eigenvalue weighted by atomic mass is 10.1. The van der Waals surface area contributed by atoms with Crippen molar-refractivity contribution in [3.05, 3.63) is 78.1 Å². The Labute approximate surface area is 187 Å². The summed E-state index contributed by atoms with van der Waals surface area (Å²) in [5.41, 5.74) is 2.08. The average molecular weight is 449 g/mol. The summed E-state index contributed by atoms with van der Waals surface area (Å²) < 4.78 is 29.7. The van der Waals surface area contributed by atoms with Crippen LogP contribution in [-0.2, 0) is 16.6 Å². The first-order valence-electron chi connectivity index (χ1n) is 10.6. The number of sulfonamides is 1. The van der Waals surface area contributed by atoms with E-state index in [0.29, 0.717) is 37.6 Å². The Morgan fingerprint density at radius 2 is 1.59 bits per heavy atom. The Balaban J connectivity index is 1.27. The minimum absolute atomic E-state index is 0.341. The van der Waals surface area contributed by atoms with Crippen LogP contribution in [0.1, 0.15) is 11.4 Å². The highest BCUT2D eigenvalue weighted by Gasteiger charge is 2.29. The molecule has 164 valence electrons. The summed E-state index contributed by atoms with van der Waals surface area (Å²) in [5, 5.41) is 14.1. The summed E-state index contributed by atoms with van der Waals surface area (Å²) in [4.78, 5) is 2.52. The second-order valence-electron chi connectivity index (χ2n) is 8.03. The van der Waals surface area contributed by atoms with Crippen LogP contribution < -0.4 is 0 Å². The molecule has 0 atom stereocenters. The molecule has 1 aromatic heterocycles. The number of aromatic nitrogens is 4. The predicted octanol–water partition coefficient (Wildman–Crippen LogP) is 2.63. The summed E-state index contributed by atoms with van der Waals surface area (Å²) >= 11 is 0. The van der Waals surface area contributed by atoms with Gasteiger partial charge in [0.05, 0.1) is 17.1 Å². The first-order chi connectivity index (χ1) is 15.5. The van der Waals surface area contributed by atoms with Gasteiger partial charge in [0, 0.05) is 26.2 Å². The van der Waals surface area contributed by atoms with Gasteiger partial charge in [-0.25, -0.2) is 8.42 Å². The van der Waals surface area contributed by atoms with Crippen LogP contribution in [0.15, 0.2) is 71.6 Å². The van der Waals surface area contributed by atoms with Crippen molar-refractivity contribution in [3.63, 3.8) is 0 Å². The smallest absolute Gasteiger partial charge is 0.243 e. The molecule has 1 aliphatic heterocycles. The zero-order chi connectivity index (χ0) is 22.1. The van der Waals surface area contributed by atoms with Gasteiger partial charge < -0.3 is 0 Å². The molecule has 1 aliphatic rings. The van der Waals surface area contributed by atoms with Crippen LogP contribution in [0, 0.1) is 6.92 Å². The number of piperazine rings is 1. The lowest BCUT2D eigenvalue weighted by molar-refractivity contribution is 0.177. The highest BCUT2D eigenvalue weighted by Crippen LogP contribution is 2.23. The van der Waals surface area contributed by atoms with Crippen LogP contribution in [0.5, 0.6) is 0 Å². The van der Waals surface area contributed by atoms with Gasteiger partial charge in [-0.3, -0.25) is 4.90 Å². The number of benzene rings is 3. The van der Waals surface area contributed by atoms with E-state index in [1.54, 1.807) is 21.1 Å². The Bertz CT molecular complexity index is 1340. The summed E-state index contributed by atoms with van der Waals surface area (Å²) in [6.07, 6.45) is 0. The number of aryl methyl sites for hydroxylation is 1. The number of tetrazole rings is 1. The van der Waals surface area contributed by atoms with E-state index in [4.69, 9.17) is 0 Å². The quantitative estimate of drug-likeness (QED) is 0.467. The highest BCUT2D eigenvalue weighted by atomic mass is 32.2. The van der Waals surface area contributed by atoms with Gasteiger partial charge in [-0.2, -0.15) is 8.99 Å². The van der Waals surface area contributed by atoms with Gasteiger partial charge in [-0.15, -0.1) is 5.10 Å². The zero-order valence-corrected chi connectivity index (χ0v) is 18.6. The topological polar surface area (TPSA) is 84.2 Å². The molecule has 5 rings (SSSR count). The second-order valence-corrected chi connectivity index (χ2v) is 9.97. The average Bonchev–Trinajstić information content (AvgIpc) is 3.27. The van der Waals surface area contributed by atoms with Crippen LogP contribution in [-0.4, -0.2) is 64.0 Å². The lowest BCUT2D eigenvalue weighted by Crippen LogP contribution is -2.48. The van der Waals surface area contributed by atoms with Crippen molar-refractivity contribution < 1.29 is 8.42 Å². The molecule has 8 nitrogen and oxygen atoms in total. The standard InChI is InChI=1S/C23H24N6O2S/c1-18-6-9-21(10-7-18)29-23(24-25-26-29)17-27-12-14-28(15-13-27)32(30,31)22-11-8-19-4-2-3-5-20(19)16-22/h2-11,16H,12-15,17H2,1H3. The molecule has 1 saturated heterocycles. The molecular formula is C23H24N6O2S. The van der Waals surface area contributed by atoms with Crippen LogP contribution >= 0.6 is 0 Å². The van der Waals surface area contributed by atoms with Crippen molar-refractivity contribution in [2.75, 3.05) is 26.2 Å². The first kappa shape index (κ1) is 20.7. The largest absolute Gasteiger partial charge is 0.293 e. The van der Waals surface area contributed by atoms with Crippen molar-refractivity contribution in [2.24, 2.45) is 0 Å². The van der Waals surface area contributed by atoms with Crippen molar-refractivity contribution in [3.8, 4) is 5.69 Å². The molecule has 0 bridgehead atoms. The molecule has 0 aliphatic carbocycles. The van der Waals surface area contributed by atoms with Crippen LogP contribution in [0.2, 0.25) is 0 Å². The van der Waals surface area contributed by atoms with E-state index in [1.165, 1.54) is 5.56 Å². The Hall–Kier alpha value is -3.14. The van der Waals surface area contributed by atoms with E-state index >= 15 is 0 Å². The summed E-state index contributed by atoms with van der Waals surface area (Å²) in [6, 6.07) is 21.1. The van der Waals surface area contributed by atoms with Gasteiger partial charge in [0.2, 0.25) is 10.0 Å². The molecule has 0 radical (unpaired) electrons. The fourth-order valence-corrected chi connectivity index (χ4v) is 5.45. The normalized spacial score (nSPS) is 15.9. The third-order valence-electron chi connectivity index (χ3n) is 5.87. The van der Waals surface area contributed by atoms with Gasteiger partial charge >= 0.3 is 0 Å². The molecule has 0 unspecified atom stereocenters. The minimum Gasteiger partial charge on any atom is -0.293 e. The molecule has 3 aromatic carbocycles. The predicted molar refractivity (Wildman–Crippen MR) is 122 cm³/mol. The van der Waals surface area contributed by atoms with Crippen LogP contribution in [0.4, 0.5) is 0 Å². The highest BCUT2D eigenvalue weighted by molar-refractivity contribution is 7.89. The Morgan fingerprint density at radius 1 is 0.875 bits per heavy atom. The van der Waals surface area contributed by atoms with Gasteiger partial charge in [0.1, 0.15) is 0 Å². The molecular weight excluding hydrogens is 424 g/mol. The maximum Gasteiger partial charge on any atom is 0.243 e. The number of hydrogen-bond acceptors (Lipinski definition) is 6. The lowest BCUT2D eigenvalue weighted by Gasteiger charge is -2.33. The summed E-state index contributed by atoms with van der Waals surface area (Å²) in [5.74, 6) is 0.736. The zero-order valence-electron chi connectivity index (χ0n) is 17.8. The summed E-state index contributed by atoms with van der Waals surface area (Å²) in [6.45, 7) is 4.70. The summed E-state index contributed by atoms with van der Waals surface area (Å²) in [7, 11) is -3.53. The maximum atomic E-state index is 13.2. The van der Waals surface area contributed by atoms with Gasteiger partial charge in [0.25, 0.3) is 0 Å². The second kappa shape index (κ2) is 8.42. The molecule has 4 aromatic rings. The van der Waals surface area contributed by atoms with E-state index in [2.05, 4.69) is 20.4 Å². The van der Waals surface area contributed by atoms with E-state index < -0.39 is 10.0 Å². The number of rotatable bonds is 5. The molecule has 2 heterocycles. The van der Waals surface area contributed by atoms with Crippen molar-refractivity contribution in [2.45, 2.75) is 18.4 Å². The molecule has 0 spiro atoms. The Morgan fingerprint density at radius 3 is 2.34 bits per heavy atom. The van der Waals surface area contributed by atoms with Gasteiger partial charge in [-0.05, 0) is 52.4 Å². The van der Waals surface area contributed by atoms with E-state index in [1.807, 2.05) is 61.5 Å². The van der Waals surface area contributed by atoms with Crippen LogP contribution in [0.25, 0.3) is 16.5 Å². The van der Waals surface area contributed by atoms with E-state index in [-0.39, 0.29) is 0 Å². The first-order valence-corrected chi connectivity index (χ1v) is 12.0. The van der Waals surface area contributed by atoms with E-state index in [0.717, 1.165) is 22.3 Å². The van der Waals surface area contributed by atoms with Crippen molar-refractivity contribution in [1.29, 1.82) is 0 Å². The molecule has 32 heavy (non-hydrogen) atoms. The number of fused-ring (bicyclic) bond motifs is 1. The Kier molecular flexibility index (Phi) is 5.46. The molecule has 0 saturated carbocycles. The third-order valence-corrected chi connectivity index (χ3v) is 7.76. The molecule has 0 N–H and O–H groups in total. The fourth-order valence-electron chi connectivity index (χ4n) is 4.00. The molecule has 9 heteroatoms. The fraction of sp³-hybridized carbons (Fsp3) is 0.261. The molecule has 1 fully saturated rings. The molecule has 0 amide bonds. The van der Waals surface area contributed by atoms with Crippen molar-refractivity contribution in [1.82, 2.24) is 29.4 Å². The monoisotopic (exact) mass is 448 g/mol. The minimum atomic E-state index is -3.53. The van der Waals surface area contributed by atoms with E-state index in [9.17, 15) is 8.42 Å². The number of nitrogens with zero attached hydrogens (tertiary/aromatic N) is 6. The van der Waals surface area contributed by atoms with Crippen molar-refractivity contribution >= 4 is 20.8 Å². The van der Waals surface area contributed by atoms with Gasteiger partial charge in [0.15, 0.2) is 5.82 Å². The third kappa shape index (κ3) is 4.02. The number of hydrogen-bond donors (Lipinski definition) is 0.